The number of allylic oxidation sites excluding steroid dienone is 2. The number of hydrogen-bond donors (Lipinski definition) is 1. The normalized spacial score (nSPS) is 29.5. The lowest BCUT2D eigenvalue weighted by atomic mass is 9.85. The number of benzene rings is 1. The number of carboxylic acid groups (broad SMARTS) is 1. The molecule has 9 nitrogen and oxygen atoms in total. The maximum Gasteiger partial charge on any atom is 0.328 e. The van der Waals surface area contributed by atoms with Crippen molar-refractivity contribution in [3.8, 4) is 0 Å². The van der Waals surface area contributed by atoms with Crippen molar-refractivity contribution in [1.82, 2.24) is 14.1 Å². The van der Waals surface area contributed by atoms with Gasteiger partial charge in [-0.25, -0.2) is 13.2 Å². The number of imide groups is 1. The fraction of sp³-hybridized carbons (Fsp3) is 0.458. The fourth-order valence-corrected chi connectivity index (χ4v) is 7.11. The van der Waals surface area contributed by atoms with E-state index in [0.29, 0.717) is 44.8 Å². The Morgan fingerprint density at radius 3 is 2.09 bits per heavy atom. The molecule has 10 heteroatoms. The molecule has 1 aromatic rings. The Bertz CT molecular complexity index is 1140. The van der Waals surface area contributed by atoms with E-state index in [4.69, 9.17) is 5.11 Å². The van der Waals surface area contributed by atoms with E-state index in [1.54, 1.807) is 12.1 Å². The molecule has 2 heterocycles. The van der Waals surface area contributed by atoms with E-state index in [-0.39, 0.29) is 40.4 Å². The van der Waals surface area contributed by atoms with Gasteiger partial charge >= 0.3 is 5.97 Å². The highest BCUT2D eigenvalue weighted by molar-refractivity contribution is 7.89. The highest BCUT2D eigenvalue weighted by Gasteiger charge is 2.59. The van der Waals surface area contributed by atoms with Gasteiger partial charge in [-0.2, -0.15) is 4.31 Å². The van der Waals surface area contributed by atoms with Crippen molar-refractivity contribution in [3.05, 3.63) is 48.1 Å². The third kappa shape index (κ3) is 3.99. The molecule has 2 amide bonds. The van der Waals surface area contributed by atoms with Gasteiger partial charge in [0.2, 0.25) is 21.8 Å². The molecule has 2 bridgehead atoms. The molecule has 4 aliphatic rings. The molecule has 1 N–H and O–H groups in total. The van der Waals surface area contributed by atoms with Gasteiger partial charge in [-0.1, -0.05) is 24.3 Å². The number of carbonyl (C=O) groups is 3. The number of likely N-dealkylation sites (tertiary alicyclic amines) is 1. The van der Waals surface area contributed by atoms with Gasteiger partial charge in [-0.15, -0.1) is 0 Å². The van der Waals surface area contributed by atoms with Gasteiger partial charge in [0, 0.05) is 45.3 Å². The Hall–Kier alpha value is -2.82. The predicted octanol–water partition coefficient (Wildman–Crippen LogP) is 0.898. The number of sulfonamides is 1. The molecule has 1 aromatic carbocycles. The molecule has 180 valence electrons. The Labute approximate surface area is 198 Å². The molecule has 2 aliphatic carbocycles. The molecular formula is C24H27N3O6S. The van der Waals surface area contributed by atoms with E-state index >= 15 is 0 Å². The number of aliphatic carboxylic acids is 1. The number of fused-ring (bicyclic) bond motifs is 5. The predicted molar refractivity (Wildman–Crippen MR) is 123 cm³/mol. The summed E-state index contributed by atoms with van der Waals surface area (Å²) in [4.78, 5) is 40.0. The number of carbonyl (C=O) groups excluding carboxylic acids is 2. The molecule has 2 aliphatic heterocycles. The minimum absolute atomic E-state index is 0.0466. The Morgan fingerprint density at radius 1 is 0.941 bits per heavy atom. The van der Waals surface area contributed by atoms with Crippen molar-refractivity contribution in [2.75, 3.05) is 39.3 Å². The Balaban J connectivity index is 1.14. The number of nitrogens with zero attached hydrogens (tertiary/aromatic N) is 3. The van der Waals surface area contributed by atoms with Gasteiger partial charge in [-0.05, 0) is 42.0 Å². The monoisotopic (exact) mass is 485 g/mol. The number of carboxylic acids is 1. The van der Waals surface area contributed by atoms with Crippen LogP contribution in [0.4, 0.5) is 0 Å². The maximum atomic E-state index is 13.0. The SMILES string of the molecule is O=C(O)/C=C/c1ccc(S(=O)(=O)N2CCN(CCN3C(=O)C4C5C=CC(C5)C4C3=O)CC2)cc1. The first-order valence-electron chi connectivity index (χ1n) is 11.5. The third-order valence-corrected chi connectivity index (χ3v) is 9.38. The van der Waals surface area contributed by atoms with E-state index in [1.165, 1.54) is 27.4 Å². The van der Waals surface area contributed by atoms with Crippen LogP contribution < -0.4 is 0 Å². The molecular weight excluding hydrogens is 458 g/mol. The summed E-state index contributed by atoms with van der Waals surface area (Å²) in [5.74, 6) is -1.13. The second-order valence-electron chi connectivity index (χ2n) is 9.31. The van der Waals surface area contributed by atoms with Gasteiger partial charge < -0.3 is 5.11 Å². The molecule has 2 saturated heterocycles. The summed E-state index contributed by atoms with van der Waals surface area (Å²) in [5.41, 5.74) is 0.602. The summed E-state index contributed by atoms with van der Waals surface area (Å²) in [7, 11) is -3.66. The van der Waals surface area contributed by atoms with Crippen LogP contribution in [0.3, 0.4) is 0 Å². The summed E-state index contributed by atoms with van der Waals surface area (Å²) in [6.45, 7) is 2.58. The van der Waals surface area contributed by atoms with Crippen LogP contribution in [0, 0.1) is 23.7 Å². The van der Waals surface area contributed by atoms with Gasteiger partial charge in [0.1, 0.15) is 0 Å². The standard InChI is InChI=1S/C24H27N3O6S/c28-20(29)8-3-16-1-6-19(7-2-16)34(32,33)26-12-9-25(10-13-26)11-14-27-23(30)21-17-4-5-18(15-17)22(21)24(27)31/h1-8,17-18,21-22H,9-15H2,(H,28,29)/b8-3+. The average molecular weight is 486 g/mol. The molecule has 0 radical (unpaired) electrons. The second-order valence-corrected chi connectivity index (χ2v) is 11.3. The highest BCUT2D eigenvalue weighted by Crippen LogP contribution is 2.52. The zero-order valence-electron chi connectivity index (χ0n) is 18.6. The smallest absolute Gasteiger partial charge is 0.328 e. The van der Waals surface area contributed by atoms with Crippen LogP contribution in [0.2, 0.25) is 0 Å². The summed E-state index contributed by atoms with van der Waals surface area (Å²) in [6.07, 6.45) is 7.49. The van der Waals surface area contributed by atoms with Crippen LogP contribution in [0.1, 0.15) is 12.0 Å². The van der Waals surface area contributed by atoms with Crippen molar-refractivity contribution >= 4 is 33.9 Å². The molecule has 4 atom stereocenters. The fourth-order valence-electron chi connectivity index (χ4n) is 5.69. The first-order chi connectivity index (χ1) is 16.3. The van der Waals surface area contributed by atoms with Crippen LogP contribution in [0.15, 0.2) is 47.4 Å². The maximum absolute atomic E-state index is 13.0. The lowest BCUT2D eigenvalue weighted by Crippen LogP contribution is -2.50. The van der Waals surface area contributed by atoms with Crippen molar-refractivity contribution in [2.24, 2.45) is 23.7 Å². The lowest BCUT2D eigenvalue weighted by Gasteiger charge is -2.34. The summed E-state index contributed by atoms with van der Waals surface area (Å²) in [6, 6.07) is 6.10. The van der Waals surface area contributed by atoms with Crippen molar-refractivity contribution in [2.45, 2.75) is 11.3 Å². The molecule has 34 heavy (non-hydrogen) atoms. The molecule has 5 rings (SSSR count). The Kier molecular flexibility index (Phi) is 5.91. The average Bonchev–Trinajstić information content (AvgIpc) is 3.51. The zero-order chi connectivity index (χ0) is 24.0. The summed E-state index contributed by atoms with van der Waals surface area (Å²) in [5, 5.41) is 8.70. The molecule has 1 saturated carbocycles. The number of rotatable bonds is 7. The van der Waals surface area contributed by atoms with Crippen molar-refractivity contribution < 1.29 is 27.9 Å². The first kappa shape index (κ1) is 22.9. The molecule has 0 spiro atoms. The van der Waals surface area contributed by atoms with E-state index in [1.807, 2.05) is 0 Å². The van der Waals surface area contributed by atoms with Gasteiger partial charge in [0.05, 0.1) is 16.7 Å². The summed E-state index contributed by atoms with van der Waals surface area (Å²) >= 11 is 0. The largest absolute Gasteiger partial charge is 0.478 e. The Morgan fingerprint density at radius 2 is 1.53 bits per heavy atom. The molecule has 3 fully saturated rings. The first-order valence-corrected chi connectivity index (χ1v) is 13.0. The van der Waals surface area contributed by atoms with E-state index in [0.717, 1.165) is 12.5 Å². The van der Waals surface area contributed by atoms with Crippen molar-refractivity contribution in [3.63, 3.8) is 0 Å². The van der Waals surface area contributed by atoms with Crippen molar-refractivity contribution in [1.29, 1.82) is 0 Å². The van der Waals surface area contributed by atoms with Crippen LogP contribution in [0.5, 0.6) is 0 Å². The third-order valence-electron chi connectivity index (χ3n) is 7.47. The lowest BCUT2D eigenvalue weighted by molar-refractivity contribution is -0.141. The van der Waals surface area contributed by atoms with Crippen LogP contribution in [-0.2, 0) is 24.4 Å². The van der Waals surface area contributed by atoms with Gasteiger partial charge in [0.25, 0.3) is 0 Å². The van der Waals surface area contributed by atoms with Gasteiger partial charge in [-0.3, -0.25) is 19.4 Å². The van der Waals surface area contributed by atoms with Crippen LogP contribution >= 0.6 is 0 Å². The number of piperazine rings is 1. The van der Waals surface area contributed by atoms with E-state index in [9.17, 15) is 22.8 Å². The van der Waals surface area contributed by atoms with E-state index < -0.39 is 16.0 Å². The molecule has 0 aromatic heterocycles. The number of hydrogen-bond acceptors (Lipinski definition) is 6. The minimum Gasteiger partial charge on any atom is -0.478 e. The topological polar surface area (TPSA) is 115 Å². The second kappa shape index (κ2) is 8.75. The van der Waals surface area contributed by atoms with E-state index in [2.05, 4.69) is 17.1 Å². The van der Waals surface area contributed by atoms with Crippen LogP contribution in [-0.4, -0.2) is 84.7 Å². The highest BCUT2D eigenvalue weighted by atomic mass is 32.2. The molecule has 4 unspecified atom stereocenters. The minimum atomic E-state index is -3.66. The van der Waals surface area contributed by atoms with Gasteiger partial charge in [0.15, 0.2) is 0 Å². The number of amides is 2. The van der Waals surface area contributed by atoms with Crippen LogP contribution in [0.25, 0.3) is 6.08 Å². The quantitative estimate of drug-likeness (QED) is 0.347. The zero-order valence-corrected chi connectivity index (χ0v) is 19.4. The summed E-state index contributed by atoms with van der Waals surface area (Å²) < 4.78 is 27.4.